The first-order valence-corrected chi connectivity index (χ1v) is 28.8. The highest BCUT2D eigenvalue weighted by Gasteiger charge is 2.62. The average molecular weight is 1090 g/mol. The lowest BCUT2D eigenvalue weighted by Crippen LogP contribution is -2.68. The van der Waals surface area contributed by atoms with Crippen molar-refractivity contribution in [2.75, 3.05) is 19.6 Å². The Labute approximate surface area is 460 Å². The van der Waals surface area contributed by atoms with Gasteiger partial charge in [0.1, 0.15) is 17.4 Å². The van der Waals surface area contributed by atoms with Crippen molar-refractivity contribution in [3.8, 4) is 16.1 Å². The Morgan fingerprint density at radius 2 is 1.60 bits per heavy atom. The zero-order valence-electron chi connectivity index (χ0n) is 45.9. The van der Waals surface area contributed by atoms with E-state index in [1.54, 1.807) is 32.3 Å². The molecule has 77 heavy (non-hydrogen) atoms. The Kier molecular flexibility index (Phi) is 14.4. The second-order valence-electron chi connectivity index (χ2n) is 25.3. The summed E-state index contributed by atoms with van der Waals surface area (Å²) in [5, 5.41) is 21.5. The molecule has 17 heteroatoms. The predicted octanol–water partition coefficient (Wildman–Crippen LogP) is 9.38. The average Bonchev–Trinajstić information content (AvgIpc) is 3.93. The number of aromatic nitrogens is 3. The van der Waals surface area contributed by atoms with Gasteiger partial charge in [-0.05, 0) is 142 Å². The van der Waals surface area contributed by atoms with Crippen LogP contribution in [-0.2, 0) is 24.6 Å². The summed E-state index contributed by atoms with van der Waals surface area (Å²) in [7, 11) is 0. The Bertz CT molecular complexity index is 3180. The van der Waals surface area contributed by atoms with Gasteiger partial charge in [0.2, 0.25) is 17.7 Å². The third-order valence-corrected chi connectivity index (χ3v) is 19.0. The van der Waals surface area contributed by atoms with Crippen LogP contribution < -0.4 is 21.5 Å². The number of benzene rings is 3. The molecule has 2 aromatic heterocycles. The number of rotatable bonds is 12. The van der Waals surface area contributed by atoms with Crippen LogP contribution in [0.3, 0.4) is 0 Å². The maximum absolute atomic E-state index is 15.3. The molecule has 5 aliphatic rings. The minimum atomic E-state index is -2.03. The Hall–Kier alpha value is -5.55. The summed E-state index contributed by atoms with van der Waals surface area (Å²) in [5.74, 6) is -1.05. The van der Waals surface area contributed by atoms with Crippen molar-refractivity contribution < 1.29 is 28.7 Å². The molecule has 5 aromatic rings. The molecule has 0 spiro atoms. The number of thiazole rings is 1. The molecule has 2 saturated heterocycles. The number of likely N-dealkylation sites (tertiary alicyclic amines) is 2. The summed E-state index contributed by atoms with van der Waals surface area (Å²) < 4.78 is 17.2. The summed E-state index contributed by atoms with van der Waals surface area (Å²) in [5.41, 5.74) is 2.41. The van der Waals surface area contributed by atoms with Gasteiger partial charge in [0.15, 0.2) is 5.67 Å². The Morgan fingerprint density at radius 3 is 2.22 bits per heavy atom. The lowest BCUT2D eigenvalue weighted by molar-refractivity contribution is -0.156. The van der Waals surface area contributed by atoms with Crippen molar-refractivity contribution in [1.82, 2.24) is 40.3 Å². The van der Waals surface area contributed by atoms with Gasteiger partial charge in [-0.3, -0.25) is 28.5 Å². The SMILES string of the molecule is Cc1ncsc1-c1ccc([C@H](CC(=O)NC2CCC(N3CCC(c4ccc5c(c4)-n4c(nc(=O)c6c(Cl)cccc64)C5(C)C)CC3)CC2)NC(=O)[C@@]2(C(C)(C)C)C[C@@H](O)CN2C(=O)[C@@H](NC(=O)C2(F)CC2)C(C)(C)C)cc1. The van der Waals surface area contributed by atoms with E-state index < -0.39 is 63.4 Å². The number of aryl methyl sites for hydroxylation is 1. The maximum atomic E-state index is 15.3. The first kappa shape index (κ1) is 54.8. The van der Waals surface area contributed by atoms with Gasteiger partial charge in [-0.25, -0.2) is 9.37 Å². The van der Waals surface area contributed by atoms with Gasteiger partial charge in [-0.1, -0.05) is 95.6 Å². The second-order valence-corrected chi connectivity index (χ2v) is 26.5. The monoisotopic (exact) mass is 1090 g/mol. The second kappa shape index (κ2) is 20.3. The molecule has 4 N–H and O–H groups in total. The van der Waals surface area contributed by atoms with Crippen molar-refractivity contribution in [2.24, 2.45) is 10.8 Å². The number of nitrogens with zero attached hydrogens (tertiary/aromatic N) is 5. The zero-order chi connectivity index (χ0) is 55.1. The van der Waals surface area contributed by atoms with Crippen LogP contribution in [0.4, 0.5) is 4.39 Å². The molecule has 3 aliphatic heterocycles. The van der Waals surface area contributed by atoms with Crippen LogP contribution >= 0.6 is 22.9 Å². The van der Waals surface area contributed by atoms with Crippen molar-refractivity contribution in [3.63, 3.8) is 0 Å². The summed E-state index contributed by atoms with van der Waals surface area (Å²) in [6, 6.07) is 18.5. The number of hydrogen-bond acceptors (Lipinski definition) is 10. The molecule has 5 heterocycles. The van der Waals surface area contributed by atoms with Crippen molar-refractivity contribution in [3.05, 3.63) is 110 Å². The number of alkyl halides is 1. The normalized spacial score (nSPS) is 23.9. The number of halogens is 2. The fourth-order valence-corrected chi connectivity index (χ4v) is 14.0. The van der Waals surface area contributed by atoms with Gasteiger partial charge in [0.05, 0.1) is 61.7 Å². The van der Waals surface area contributed by atoms with E-state index >= 15 is 9.18 Å². The number of fused-ring (bicyclic) bond motifs is 5. The fourth-order valence-electron chi connectivity index (χ4n) is 13.0. The van der Waals surface area contributed by atoms with Crippen LogP contribution in [0, 0.1) is 17.8 Å². The van der Waals surface area contributed by atoms with E-state index in [1.165, 1.54) is 21.8 Å². The van der Waals surface area contributed by atoms with Gasteiger partial charge in [0, 0.05) is 25.0 Å². The van der Waals surface area contributed by atoms with E-state index in [9.17, 15) is 24.3 Å². The van der Waals surface area contributed by atoms with Crippen LogP contribution in [0.25, 0.3) is 27.0 Å². The van der Waals surface area contributed by atoms with Gasteiger partial charge >= 0.3 is 0 Å². The molecule has 0 unspecified atom stereocenters. The number of β-amino-alcohol motifs (C(OH)–C–C–N with tert-alkyl or cyclic N) is 1. The van der Waals surface area contributed by atoms with Crippen LogP contribution in [0.2, 0.25) is 5.02 Å². The zero-order valence-corrected chi connectivity index (χ0v) is 47.5. The molecule has 14 nitrogen and oxygen atoms in total. The molecule has 4 fully saturated rings. The first-order chi connectivity index (χ1) is 36.3. The van der Waals surface area contributed by atoms with Crippen LogP contribution in [0.15, 0.2) is 71.0 Å². The molecule has 410 valence electrons. The molecule has 4 atom stereocenters. The molecule has 0 radical (unpaired) electrons. The lowest BCUT2D eigenvalue weighted by Gasteiger charge is -2.48. The van der Waals surface area contributed by atoms with E-state index in [-0.39, 0.29) is 49.7 Å². The van der Waals surface area contributed by atoms with E-state index in [0.29, 0.717) is 27.9 Å². The molecule has 0 bridgehead atoms. The number of nitrogens with one attached hydrogen (secondary N) is 3. The van der Waals surface area contributed by atoms with Crippen LogP contribution in [0.5, 0.6) is 0 Å². The minimum absolute atomic E-state index is 0.0406. The summed E-state index contributed by atoms with van der Waals surface area (Å²) >= 11 is 8.09. The van der Waals surface area contributed by atoms with Crippen LogP contribution in [-0.4, -0.2) is 108 Å². The number of carbonyl (C=O) groups is 4. The summed E-state index contributed by atoms with van der Waals surface area (Å²) in [6.07, 6.45) is 4.53. The van der Waals surface area contributed by atoms with Crippen LogP contribution in [0.1, 0.15) is 160 Å². The molecule has 2 saturated carbocycles. The maximum Gasteiger partial charge on any atom is 0.282 e. The number of carbonyl (C=O) groups excluding carboxylic acids is 4. The molecule has 2 aliphatic carbocycles. The Morgan fingerprint density at radius 1 is 0.909 bits per heavy atom. The highest BCUT2D eigenvalue weighted by atomic mass is 35.5. The highest BCUT2D eigenvalue weighted by molar-refractivity contribution is 7.13. The van der Waals surface area contributed by atoms with Gasteiger partial charge < -0.3 is 30.9 Å². The van der Waals surface area contributed by atoms with Gasteiger partial charge in [0.25, 0.3) is 11.5 Å². The molecular weight excluding hydrogens is 1020 g/mol. The van der Waals surface area contributed by atoms with E-state index in [1.807, 2.05) is 64.1 Å². The standard InChI is InChI=1S/C60H74ClFN8O6S/c1-34-49(77-33-63-34)37-15-13-36(14-16-37)44(65-55(76)60(57(5,6)7)31-41(71)32-69(60)52(74)50(56(2,3)4)66-54(75)59(62)25-26-59)30-47(72)64-39-18-20-40(21-19-39)68-27-23-35(24-28-68)38-17-22-42-46(29-38)70-45-12-10-11-43(61)48(45)51(73)67-53(70)58(42,8)9/h10-17,22,29,33,35,39-41,44,50,71H,18-21,23-28,30-32H2,1-9H3,(H,64,72)(H,65,76)(H,66,75)/t39?,40?,41-,44+,50-,60-/m1/s1. The van der Waals surface area contributed by atoms with Gasteiger partial charge in [-0.15, -0.1) is 11.3 Å². The summed E-state index contributed by atoms with van der Waals surface area (Å²) in [6.45, 7) is 18.8. The molecular formula is C60H74ClFN8O6S. The number of aliphatic hydroxyl groups is 1. The van der Waals surface area contributed by atoms with Crippen molar-refractivity contribution >= 4 is 57.5 Å². The number of piperidine rings is 1. The summed E-state index contributed by atoms with van der Waals surface area (Å²) in [4.78, 5) is 84.9. The van der Waals surface area contributed by atoms with Crippen molar-refractivity contribution in [2.45, 2.75) is 179 Å². The third kappa shape index (κ3) is 10.1. The Balaban J connectivity index is 0.814. The third-order valence-electron chi connectivity index (χ3n) is 17.7. The minimum Gasteiger partial charge on any atom is -0.391 e. The predicted molar refractivity (Wildman–Crippen MR) is 299 cm³/mol. The number of hydrogen-bond donors (Lipinski definition) is 4. The molecule has 4 amide bonds. The molecule has 10 rings (SSSR count). The highest BCUT2D eigenvalue weighted by Crippen LogP contribution is 2.48. The largest absolute Gasteiger partial charge is 0.391 e. The van der Waals surface area contributed by atoms with E-state index in [2.05, 4.69) is 67.4 Å². The number of aliphatic hydroxyl groups excluding tert-OH is 1. The van der Waals surface area contributed by atoms with Gasteiger partial charge in [-0.2, -0.15) is 4.98 Å². The topological polar surface area (TPSA) is 179 Å². The smallest absolute Gasteiger partial charge is 0.282 e. The lowest BCUT2D eigenvalue weighted by atomic mass is 9.70. The molecule has 3 aromatic carbocycles. The van der Waals surface area contributed by atoms with Crippen molar-refractivity contribution in [1.29, 1.82) is 0 Å². The van der Waals surface area contributed by atoms with E-state index in [0.717, 1.165) is 90.3 Å². The quantitative estimate of drug-likeness (QED) is 0.0948. The number of amides is 4. The first-order valence-electron chi connectivity index (χ1n) is 27.5. The fraction of sp³-hybridized carbons (Fsp3) is 0.550. The van der Waals surface area contributed by atoms with E-state index in [4.69, 9.17) is 11.6 Å².